The first kappa shape index (κ1) is 10.8. The Balaban J connectivity index is 1.93. The van der Waals surface area contributed by atoms with Gasteiger partial charge in [-0.1, -0.05) is 12.1 Å². The Morgan fingerprint density at radius 2 is 2.06 bits per heavy atom. The Kier molecular flexibility index (Phi) is 2.81. The topological polar surface area (TPSA) is 18.5 Å². The van der Waals surface area contributed by atoms with Gasteiger partial charge in [0.1, 0.15) is 6.61 Å². The smallest absolute Gasteiger partial charge is 0.171 e. The predicted molar refractivity (Wildman–Crippen MR) is 68.7 cm³/mol. The molecule has 0 N–H and O–H groups in total. The third-order valence-electron chi connectivity index (χ3n) is 3.00. The summed E-state index contributed by atoms with van der Waals surface area (Å²) in [6.45, 7) is 2.88. The number of benzene rings is 1. The standard InChI is InChI=1S/C12H14O2S2/c1-12(15-5-2-6-16-12)10-4-3-9-8-13-14-11(9)7-10/h3-4,7H,2,5-6,8H2,1H3. The number of hydrogen-bond acceptors (Lipinski definition) is 4. The second-order valence-corrected chi connectivity index (χ2v) is 7.45. The number of hydrogen-bond donors (Lipinski definition) is 0. The molecule has 1 saturated heterocycles. The van der Waals surface area contributed by atoms with Gasteiger partial charge in [0.15, 0.2) is 5.75 Å². The fourth-order valence-corrected chi connectivity index (χ4v) is 4.95. The summed E-state index contributed by atoms with van der Waals surface area (Å²) in [7, 11) is 0. The zero-order valence-electron chi connectivity index (χ0n) is 9.19. The minimum absolute atomic E-state index is 0.180. The van der Waals surface area contributed by atoms with Gasteiger partial charge >= 0.3 is 0 Å². The molecule has 0 unspecified atom stereocenters. The minimum atomic E-state index is 0.180. The fourth-order valence-electron chi connectivity index (χ4n) is 1.99. The molecule has 1 aromatic rings. The van der Waals surface area contributed by atoms with Crippen LogP contribution < -0.4 is 4.89 Å². The van der Waals surface area contributed by atoms with E-state index in [1.165, 1.54) is 23.5 Å². The highest BCUT2D eigenvalue weighted by Gasteiger charge is 2.31. The highest BCUT2D eigenvalue weighted by Crippen LogP contribution is 2.50. The maximum atomic E-state index is 5.16. The normalized spacial score (nSPS) is 22.6. The van der Waals surface area contributed by atoms with E-state index in [1.807, 2.05) is 23.5 Å². The summed E-state index contributed by atoms with van der Waals surface area (Å²) in [6, 6.07) is 6.47. The van der Waals surface area contributed by atoms with E-state index in [0.717, 1.165) is 11.3 Å². The molecule has 16 heavy (non-hydrogen) atoms. The van der Waals surface area contributed by atoms with Gasteiger partial charge in [0.05, 0.1) is 4.08 Å². The molecule has 1 fully saturated rings. The Hall–Kier alpha value is -0.320. The van der Waals surface area contributed by atoms with Crippen LogP contribution in [0.5, 0.6) is 5.75 Å². The molecule has 4 heteroatoms. The summed E-state index contributed by atoms with van der Waals surface area (Å²) < 4.78 is 0.180. The molecule has 86 valence electrons. The molecular weight excluding hydrogens is 240 g/mol. The molecule has 0 saturated carbocycles. The van der Waals surface area contributed by atoms with E-state index in [9.17, 15) is 0 Å². The quantitative estimate of drug-likeness (QED) is 0.713. The van der Waals surface area contributed by atoms with Crippen molar-refractivity contribution in [1.82, 2.24) is 0 Å². The van der Waals surface area contributed by atoms with Crippen molar-refractivity contribution < 1.29 is 9.78 Å². The Morgan fingerprint density at radius 3 is 2.88 bits per heavy atom. The maximum Gasteiger partial charge on any atom is 0.171 e. The first-order valence-electron chi connectivity index (χ1n) is 5.49. The van der Waals surface area contributed by atoms with Crippen LogP contribution in [0.4, 0.5) is 0 Å². The van der Waals surface area contributed by atoms with Crippen LogP contribution in [0.1, 0.15) is 24.5 Å². The van der Waals surface area contributed by atoms with Crippen molar-refractivity contribution in [2.45, 2.75) is 24.0 Å². The molecule has 0 spiro atoms. The molecule has 2 heterocycles. The van der Waals surface area contributed by atoms with Crippen molar-refractivity contribution >= 4 is 23.5 Å². The second-order valence-electron chi connectivity index (χ2n) is 4.16. The zero-order chi connectivity index (χ0) is 11.0. The van der Waals surface area contributed by atoms with E-state index in [-0.39, 0.29) is 4.08 Å². The lowest BCUT2D eigenvalue weighted by atomic mass is 10.1. The number of fused-ring (bicyclic) bond motifs is 1. The molecule has 2 aliphatic heterocycles. The number of rotatable bonds is 1. The molecule has 3 rings (SSSR count). The zero-order valence-corrected chi connectivity index (χ0v) is 10.8. The van der Waals surface area contributed by atoms with Crippen LogP contribution >= 0.6 is 23.5 Å². The van der Waals surface area contributed by atoms with E-state index in [4.69, 9.17) is 9.78 Å². The Labute approximate surface area is 104 Å². The van der Waals surface area contributed by atoms with Crippen molar-refractivity contribution in [3.05, 3.63) is 29.3 Å². The van der Waals surface area contributed by atoms with Gasteiger partial charge in [0.25, 0.3) is 0 Å². The highest BCUT2D eigenvalue weighted by atomic mass is 32.2. The lowest BCUT2D eigenvalue weighted by molar-refractivity contribution is -0.194. The van der Waals surface area contributed by atoms with Gasteiger partial charge in [-0.25, -0.2) is 0 Å². The first-order valence-corrected chi connectivity index (χ1v) is 7.46. The van der Waals surface area contributed by atoms with Gasteiger partial charge in [0.2, 0.25) is 0 Å². The van der Waals surface area contributed by atoms with E-state index in [1.54, 1.807) is 0 Å². The average molecular weight is 254 g/mol. The minimum Gasteiger partial charge on any atom is -0.337 e. The van der Waals surface area contributed by atoms with E-state index in [2.05, 4.69) is 25.1 Å². The molecule has 0 amide bonds. The molecule has 1 aromatic carbocycles. The van der Waals surface area contributed by atoms with Crippen LogP contribution in [0.2, 0.25) is 0 Å². The van der Waals surface area contributed by atoms with Gasteiger partial charge in [-0.2, -0.15) is 4.89 Å². The molecular formula is C12H14O2S2. The van der Waals surface area contributed by atoms with Gasteiger partial charge < -0.3 is 4.89 Å². The van der Waals surface area contributed by atoms with E-state index in [0.29, 0.717) is 6.61 Å². The first-order chi connectivity index (χ1) is 7.78. The SMILES string of the molecule is CC1(c2ccc3c(c2)OOC3)SCCCS1. The van der Waals surface area contributed by atoms with Crippen LogP contribution in [0.15, 0.2) is 18.2 Å². The van der Waals surface area contributed by atoms with Crippen molar-refractivity contribution in [3.63, 3.8) is 0 Å². The van der Waals surface area contributed by atoms with Crippen LogP contribution in [0.3, 0.4) is 0 Å². The van der Waals surface area contributed by atoms with Crippen molar-refractivity contribution in [3.8, 4) is 5.75 Å². The van der Waals surface area contributed by atoms with Crippen LogP contribution in [-0.2, 0) is 15.6 Å². The van der Waals surface area contributed by atoms with Crippen molar-refractivity contribution in [2.75, 3.05) is 11.5 Å². The summed E-state index contributed by atoms with van der Waals surface area (Å²) in [4.78, 5) is 10.1. The molecule has 2 nitrogen and oxygen atoms in total. The Morgan fingerprint density at radius 1 is 1.25 bits per heavy atom. The molecule has 0 atom stereocenters. The lowest BCUT2D eigenvalue weighted by Crippen LogP contribution is -2.18. The summed E-state index contributed by atoms with van der Waals surface area (Å²) in [6.07, 6.45) is 1.31. The van der Waals surface area contributed by atoms with Crippen LogP contribution in [-0.4, -0.2) is 11.5 Å². The second kappa shape index (κ2) is 4.17. The average Bonchev–Trinajstić information content (AvgIpc) is 2.77. The predicted octanol–water partition coefficient (Wildman–Crippen LogP) is 3.55. The van der Waals surface area contributed by atoms with Crippen molar-refractivity contribution in [1.29, 1.82) is 0 Å². The van der Waals surface area contributed by atoms with Crippen molar-refractivity contribution in [2.24, 2.45) is 0 Å². The molecule has 0 aromatic heterocycles. The van der Waals surface area contributed by atoms with Crippen LogP contribution in [0.25, 0.3) is 0 Å². The molecule has 0 bridgehead atoms. The summed E-state index contributed by atoms with van der Waals surface area (Å²) >= 11 is 4.06. The Bertz CT molecular complexity index is 400. The third kappa shape index (κ3) is 1.83. The third-order valence-corrected chi connectivity index (χ3v) is 6.26. The summed E-state index contributed by atoms with van der Waals surface area (Å²) in [5.41, 5.74) is 2.49. The van der Waals surface area contributed by atoms with Gasteiger partial charge in [-0.15, -0.1) is 23.5 Å². The van der Waals surface area contributed by atoms with E-state index >= 15 is 0 Å². The maximum absolute atomic E-state index is 5.16. The van der Waals surface area contributed by atoms with Crippen LogP contribution in [0, 0.1) is 0 Å². The molecule has 0 aliphatic carbocycles. The number of thioether (sulfide) groups is 2. The highest BCUT2D eigenvalue weighted by molar-refractivity contribution is 8.18. The lowest BCUT2D eigenvalue weighted by Gasteiger charge is -2.32. The van der Waals surface area contributed by atoms with Gasteiger partial charge in [-0.3, -0.25) is 0 Å². The van der Waals surface area contributed by atoms with Gasteiger partial charge in [0, 0.05) is 5.56 Å². The van der Waals surface area contributed by atoms with Gasteiger partial charge in [-0.05, 0) is 36.5 Å². The monoisotopic (exact) mass is 254 g/mol. The molecule has 0 radical (unpaired) electrons. The van der Waals surface area contributed by atoms with E-state index < -0.39 is 0 Å². The molecule has 2 aliphatic rings. The summed E-state index contributed by atoms with van der Waals surface area (Å²) in [5.74, 6) is 3.39. The fraction of sp³-hybridized carbons (Fsp3) is 0.500. The summed E-state index contributed by atoms with van der Waals surface area (Å²) in [5, 5.41) is 0. The largest absolute Gasteiger partial charge is 0.337 e.